The minimum absolute atomic E-state index is 0.429. The molecule has 0 aliphatic rings. The molecule has 1 unspecified atom stereocenters. The molecule has 0 bridgehead atoms. The molecule has 2 rings (SSSR count). The number of nitrogens with zero attached hydrogens (tertiary/aromatic N) is 1. The van der Waals surface area contributed by atoms with Crippen molar-refractivity contribution in [1.82, 2.24) is 9.71 Å². The Morgan fingerprint density at radius 3 is 2.50 bits per heavy atom. The van der Waals surface area contributed by atoms with Gasteiger partial charge in [-0.1, -0.05) is 0 Å². The normalized spacial score (nSPS) is 13.1. The summed E-state index contributed by atoms with van der Waals surface area (Å²) in [6, 6.07) is 5.05. The zero-order valence-electron chi connectivity index (χ0n) is 10.5. The molecular formula is C12H12N2O5S. The number of carboxylic acid groups (broad SMARTS) is 1. The number of rotatable bonds is 5. The Morgan fingerprint density at radius 2 is 1.95 bits per heavy atom. The molecule has 2 aromatic heterocycles. The first kappa shape index (κ1) is 14.2. The lowest BCUT2D eigenvalue weighted by atomic mass is 10.1. The van der Waals surface area contributed by atoms with Crippen LogP contribution in [0.2, 0.25) is 0 Å². The van der Waals surface area contributed by atoms with Crippen molar-refractivity contribution in [3.05, 3.63) is 48.0 Å². The van der Waals surface area contributed by atoms with E-state index in [-0.39, 0.29) is 0 Å². The minimum Gasteiger partial charge on any atom is -0.475 e. The van der Waals surface area contributed by atoms with E-state index in [0.717, 1.165) is 17.7 Å². The highest BCUT2D eigenvalue weighted by molar-refractivity contribution is 7.89. The van der Waals surface area contributed by atoms with Crippen molar-refractivity contribution in [3.8, 4) is 0 Å². The lowest BCUT2D eigenvalue weighted by molar-refractivity contribution is 0.0656. The number of aromatic carboxylic acids is 1. The van der Waals surface area contributed by atoms with E-state index in [0.29, 0.717) is 0 Å². The first-order valence-corrected chi connectivity index (χ1v) is 7.14. The lowest BCUT2D eigenvalue weighted by Gasteiger charge is -2.12. The highest BCUT2D eigenvalue weighted by Gasteiger charge is 2.23. The maximum Gasteiger partial charge on any atom is 0.371 e. The van der Waals surface area contributed by atoms with Gasteiger partial charge in [-0.3, -0.25) is 4.98 Å². The van der Waals surface area contributed by atoms with Gasteiger partial charge in [0.2, 0.25) is 10.9 Å². The molecular weight excluding hydrogens is 284 g/mol. The molecule has 1 atom stereocenters. The monoisotopic (exact) mass is 296 g/mol. The van der Waals surface area contributed by atoms with Crippen molar-refractivity contribution in [1.29, 1.82) is 0 Å². The second-order valence-corrected chi connectivity index (χ2v) is 5.69. The SMILES string of the molecule is CC(NS(=O)(=O)c1ccc(C(=O)O)o1)c1ccncc1. The van der Waals surface area contributed by atoms with Crippen LogP contribution in [0.4, 0.5) is 0 Å². The van der Waals surface area contributed by atoms with Gasteiger partial charge in [-0.25, -0.2) is 17.9 Å². The fourth-order valence-corrected chi connectivity index (χ4v) is 2.75. The molecule has 0 aliphatic carbocycles. The van der Waals surface area contributed by atoms with Crippen LogP contribution >= 0.6 is 0 Å². The molecule has 0 aromatic carbocycles. The van der Waals surface area contributed by atoms with E-state index < -0.39 is 32.9 Å². The standard InChI is InChI=1S/C12H12N2O5S/c1-8(9-4-6-13-7-5-9)14-20(17,18)11-3-2-10(19-11)12(15)16/h2-8,14H,1H3,(H,15,16). The average molecular weight is 296 g/mol. The number of hydrogen-bond donors (Lipinski definition) is 2. The van der Waals surface area contributed by atoms with E-state index in [1.165, 1.54) is 0 Å². The van der Waals surface area contributed by atoms with Gasteiger partial charge in [0.15, 0.2) is 0 Å². The van der Waals surface area contributed by atoms with Gasteiger partial charge in [0.1, 0.15) is 0 Å². The molecule has 106 valence electrons. The number of nitrogens with one attached hydrogen (secondary N) is 1. The maximum atomic E-state index is 12.0. The molecule has 7 nitrogen and oxygen atoms in total. The molecule has 20 heavy (non-hydrogen) atoms. The summed E-state index contributed by atoms with van der Waals surface area (Å²) in [6.07, 6.45) is 3.10. The second-order valence-electron chi connectivity index (χ2n) is 4.05. The van der Waals surface area contributed by atoms with Gasteiger partial charge in [0.05, 0.1) is 0 Å². The van der Waals surface area contributed by atoms with Crippen LogP contribution in [0.3, 0.4) is 0 Å². The van der Waals surface area contributed by atoms with Crippen LogP contribution in [0.25, 0.3) is 0 Å². The molecule has 2 heterocycles. The summed E-state index contributed by atoms with van der Waals surface area (Å²) in [6.45, 7) is 1.66. The quantitative estimate of drug-likeness (QED) is 0.863. The molecule has 2 N–H and O–H groups in total. The Hall–Kier alpha value is -2.19. The van der Waals surface area contributed by atoms with E-state index >= 15 is 0 Å². The first-order valence-electron chi connectivity index (χ1n) is 5.65. The van der Waals surface area contributed by atoms with Gasteiger partial charge in [0, 0.05) is 18.4 Å². The Labute approximate surface area is 115 Å². The Morgan fingerprint density at radius 1 is 1.30 bits per heavy atom. The summed E-state index contributed by atoms with van der Waals surface area (Å²) in [5.41, 5.74) is 0.730. The van der Waals surface area contributed by atoms with E-state index in [1.807, 2.05) is 0 Å². The number of hydrogen-bond acceptors (Lipinski definition) is 5. The van der Waals surface area contributed by atoms with Gasteiger partial charge < -0.3 is 9.52 Å². The topological polar surface area (TPSA) is 110 Å². The van der Waals surface area contributed by atoms with E-state index in [1.54, 1.807) is 31.5 Å². The van der Waals surface area contributed by atoms with Crippen LogP contribution in [-0.4, -0.2) is 24.5 Å². The third-order valence-corrected chi connectivity index (χ3v) is 4.01. The smallest absolute Gasteiger partial charge is 0.371 e. The Balaban J connectivity index is 2.20. The zero-order chi connectivity index (χ0) is 14.8. The zero-order valence-corrected chi connectivity index (χ0v) is 11.3. The van der Waals surface area contributed by atoms with Crippen molar-refractivity contribution in [2.45, 2.75) is 18.1 Å². The molecule has 2 aromatic rings. The third kappa shape index (κ3) is 3.03. The summed E-state index contributed by atoms with van der Waals surface area (Å²) in [5, 5.41) is 8.27. The predicted molar refractivity (Wildman–Crippen MR) is 68.6 cm³/mol. The molecule has 0 spiro atoms. The number of carboxylic acids is 1. The van der Waals surface area contributed by atoms with Crippen LogP contribution in [0, 0.1) is 0 Å². The van der Waals surface area contributed by atoms with Crippen LogP contribution in [0.5, 0.6) is 0 Å². The molecule has 0 saturated carbocycles. The van der Waals surface area contributed by atoms with E-state index in [4.69, 9.17) is 9.52 Å². The highest BCUT2D eigenvalue weighted by Crippen LogP contribution is 2.18. The van der Waals surface area contributed by atoms with Crippen molar-refractivity contribution in [2.75, 3.05) is 0 Å². The molecule has 0 radical (unpaired) electrons. The minimum atomic E-state index is -3.92. The summed E-state index contributed by atoms with van der Waals surface area (Å²) < 4.78 is 31.3. The maximum absolute atomic E-state index is 12.0. The molecule has 8 heteroatoms. The van der Waals surface area contributed by atoms with Crippen LogP contribution in [0.15, 0.2) is 46.2 Å². The van der Waals surface area contributed by atoms with Crippen molar-refractivity contribution < 1.29 is 22.7 Å². The second kappa shape index (κ2) is 5.43. The number of pyridine rings is 1. The predicted octanol–water partition coefficient (Wildman–Crippen LogP) is 1.41. The summed E-state index contributed by atoms with van der Waals surface area (Å²) >= 11 is 0. The highest BCUT2D eigenvalue weighted by atomic mass is 32.2. The van der Waals surface area contributed by atoms with Crippen LogP contribution in [0.1, 0.15) is 29.1 Å². The Kier molecular flexibility index (Phi) is 3.86. The molecule has 0 aliphatic heterocycles. The first-order chi connectivity index (χ1) is 9.40. The largest absolute Gasteiger partial charge is 0.475 e. The van der Waals surface area contributed by atoms with Gasteiger partial charge in [-0.15, -0.1) is 0 Å². The molecule has 0 fully saturated rings. The number of carbonyl (C=O) groups is 1. The van der Waals surface area contributed by atoms with Crippen molar-refractivity contribution in [2.24, 2.45) is 0 Å². The number of furan rings is 1. The van der Waals surface area contributed by atoms with E-state index in [9.17, 15) is 13.2 Å². The van der Waals surface area contributed by atoms with Crippen LogP contribution in [-0.2, 0) is 10.0 Å². The van der Waals surface area contributed by atoms with Crippen molar-refractivity contribution in [3.63, 3.8) is 0 Å². The Bertz CT molecular complexity index is 708. The lowest BCUT2D eigenvalue weighted by Crippen LogP contribution is -2.26. The third-order valence-electron chi connectivity index (χ3n) is 2.60. The number of aromatic nitrogens is 1. The van der Waals surface area contributed by atoms with Crippen LogP contribution < -0.4 is 4.72 Å². The summed E-state index contributed by atoms with van der Waals surface area (Å²) in [4.78, 5) is 14.5. The average Bonchev–Trinajstić information content (AvgIpc) is 2.90. The van der Waals surface area contributed by atoms with Gasteiger partial charge in [-0.05, 0) is 36.8 Å². The van der Waals surface area contributed by atoms with E-state index in [2.05, 4.69) is 9.71 Å². The molecule has 0 saturated heterocycles. The van der Waals surface area contributed by atoms with Gasteiger partial charge in [-0.2, -0.15) is 0 Å². The molecule has 0 amide bonds. The van der Waals surface area contributed by atoms with Gasteiger partial charge in [0.25, 0.3) is 10.0 Å². The summed E-state index contributed by atoms with van der Waals surface area (Å²) in [7, 11) is -3.92. The summed E-state index contributed by atoms with van der Waals surface area (Å²) in [5.74, 6) is -1.75. The van der Waals surface area contributed by atoms with Crippen molar-refractivity contribution >= 4 is 16.0 Å². The fraction of sp³-hybridized carbons (Fsp3) is 0.167. The number of sulfonamides is 1. The van der Waals surface area contributed by atoms with Gasteiger partial charge >= 0.3 is 5.97 Å². The fourth-order valence-electron chi connectivity index (χ4n) is 1.59.